The first kappa shape index (κ1) is 18.2. The molecule has 2 aromatic rings. The summed E-state index contributed by atoms with van der Waals surface area (Å²) < 4.78 is 13.8. The number of nitrogens with zero attached hydrogens (tertiary/aromatic N) is 1. The molecule has 1 aliphatic heterocycles. The van der Waals surface area contributed by atoms with Gasteiger partial charge >= 0.3 is 6.03 Å². The Labute approximate surface area is 154 Å². The molecule has 0 radical (unpaired) electrons. The molecule has 0 saturated carbocycles. The molecule has 5 heteroatoms. The second-order valence-corrected chi connectivity index (χ2v) is 6.89. The minimum Gasteiger partial charge on any atom is -0.370 e. The molecule has 1 heterocycles. The Morgan fingerprint density at radius 3 is 2.58 bits per heavy atom. The predicted molar refractivity (Wildman–Crippen MR) is 104 cm³/mol. The Kier molecular flexibility index (Phi) is 5.76. The highest BCUT2D eigenvalue weighted by Gasteiger charge is 2.18. The van der Waals surface area contributed by atoms with Crippen molar-refractivity contribution in [2.24, 2.45) is 0 Å². The second kappa shape index (κ2) is 8.21. The molecule has 0 aliphatic carbocycles. The van der Waals surface area contributed by atoms with E-state index in [9.17, 15) is 9.18 Å². The fourth-order valence-corrected chi connectivity index (χ4v) is 3.52. The van der Waals surface area contributed by atoms with E-state index in [1.54, 1.807) is 6.07 Å². The fraction of sp³-hybridized carbons (Fsp3) is 0.381. The maximum Gasteiger partial charge on any atom is 0.319 e. The van der Waals surface area contributed by atoms with E-state index in [0.717, 1.165) is 42.7 Å². The zero-order chi connectivity index (χ0) is 18.5. The van der Waals surface area contributed by atoms with Gasteiger partial charge in [0, 0.05) is 13.1 Å². The van der Waals surface area contributed by atoms with Crippen molar-refractivity contribution in [2.45, 2.75) is 39.2 Å². The lowest BCUT2D eigenvalue weighted by atomic mass is 10.0. The van der Waals surface area contributed by atoms with Crippen molar-refractivity contribution in [3.05, 3.63) is 59.4 Å². The highest BCUT2D eigenvalue weighted by atomic mass is 19.1. The van der Waals surface area contributed by atoms with Crippen LogP contribution in [-0.2, 0) is 0 Å². The van der Waals surface area contributed by atoms with Crippen LogP contribution in [0.4, 0.5) is 20.6 Å². The number of benzene rings is 2. The summed E-state index contributed by atoms with van der Waals surface area (Å²) in [6.07, 6.45) is 3.45. The van der Waals surface area contributed by atoms with Gasteiger partial charge in [0.1, 0.15) is 5.82 Å². The van der Waals surface area contributed by atoms with E-state index >= 15 is 0 Å². The first-order valence-corrected chi connectivity index (χ1v) is 9.22. The van der Waals surface area contributed by atoms with Crippen molar-refractivity contribution < 1.29 is 9.18 Å². The van der Waals surface area contributed by atoms with Crippen LogP contribution in [-0.4, -0.2) is 19.1 Å². The third kappa shape index (κ3) is 4.34. The number of urea groups is 1. The number of carbonyl (C=O) groups excluding carboxylic acids is 1. The Morgan fingerprint density at radius 1 is 1.12 bits per heavy atom. The Hall–Kier alpha value is -2.56. The Morgan fingerprint density at radius 2 is 1.85 bits per heavy atom. The summed E-state index contributed by atoms with van der Waals surface area (Å²) in [4.78, 5) is 14.7. The molecular formula is C21H26FN3O. The van der Waals surface area contributed by atoms with Crippen LogP contribution in [0.2, 0.25) is 0 Å². The molecule has 0 aromatic heterocycles. The van der Waals surface area contributed by atoms with E-state index in [-0.39, 0.29) is 17.9 Å². The number of halogens is 1. The maximum atomic E-state index is 13.8. The van der Waals surface area contributed by atoms with Crippen molar-refractivity contribution in [2.75, 3.05) is 23.3 Å². The number of amides is 2. The number of rotatable bonds is 4. The number of carbonyl (C=O) groups is 1. The third-order valence-corrected chi connectivity index (χ3v) is 4.91. The van der Waals surface area contributed by atoms with Crippen LogP contribution in [0.15, 0.2) is 42.5 Å². The van der Waals surface area contributed by atoms with Gasteiger partial charge in [0.25, 0.3) is 0 Å². The molecule has 1 saturated heterocycles. The number of aryl methyl sites for hydroxylation is 1. The molecule has 138 valence electrons. The molecule has 1 unspecified atom stereocenters. The molecule has 1 aliphatic rings. The van der Waals surface area contributed by atoms with Gasteiger partial charge in [-0.1, -0.05) is 24.3 Å². The lowest BCUT2D eigenvalue weighted by Crippen LogP contribution is -2.34. The molecule has 0 spiro atoms. The quantitative estimate of drug-likeness (QED) is 0.810. The predicted octanol–water partition coefficient (Wildman–Crippen LogP) is 5.01. The van der Waals surface area contributed by atoms with E-state index in [4.69, 9.17) is 0 Å². The molecular weight excluding hydrogens is 329 g/mol. The Balaban J connectivity index is 1.72. The van der Waals surface area contributed by atoms with Gasteiger partial charge in [-0.25, -0.2) is 9.18 Å². The second-order valence-electron chi connectivity index (χ2n) is 6.89. The summed E-state index contributed by atoms with van der Waals surface area (Å²) >= 11 is 0. The summed E-state index contributed by atoms with van der Waals surface area (Å²) in [6, 6.07) is 12.1. The van der Waals surface area contributed by atoms with Crippen LogP contribution in [0.1, 0.15) is 43.4 Å². The standard InChI is InChI=1S/C21H26FN3O/c1-15-8-4-5-9-18(15)16(2)23-21(26)24-19-14-17(22)10-11-20(19)25-12-6-3-7-13-25/h4-5,8-11,14,16H,3,6-7,12-13H2,1-2H3,(H2,23,24,26). The first-order chi connectivity index (χ1) is 12.5. The molecule has 2 amide bonds. The van der Waals surface area contributed by atoms with Crippen LogP contribution in [0, 0.1) is 12.7 Å². The van der Waals surface area contributed by atoms with Crippen molar-refractivity contribution in [1.29, 1.82) is 0 Å². The number of hydrogen-bond donors (Lipinski definition) is 2. The molecule has 26 heavy (non-hydrogen) atoms. The molecule has 2 aromatic carbocycles. The van der Waals surface area contributed by atoms with Gasteiger partial charge in [0.2, 0.25) is 0 Å². The van der Waals surface area contributed by atoms with Gasteiger partial charge in [0.05, 0.1) is 17.4 Å². The average Bonchev–Trinajstić information content (AvgIpc) is 2.62. The van der Waals surface area contributed by atoms with E-state index in [0.29, 0.717) is 5.69 Å². The van der Waals surface area contributed by atoms with Gasteiger partial charge in [-0.2, -0.15) is 0 Å². The monoisotopic (exact) mass is 355 g/mol. The minimum atomic E-state index is -0.354. The number of anilines is 2. The molecule has 0 bridgehead atoms. The van der Waals surface area contributed by atoms with E-state index in [1.165, 1.54) is 18.6 Å². The van der Waals surface area contributed by atoms with Gasteiger partial charge < -0.3 is 15.5 Å². The summed E-state index contributed by atoms with van der Waals surface area (Å²) in [6.45, 7) is 5.83. The van der Waals surface area contributed by atoms with Gasteiger partial charge in [-0.3, -0.25) is 0 Å². The zero-order valence-electron chi connectivity index (χ0n) is 15.4. The number of nitrogens with one attached hydrogen (secondary N) is 2. The van der Waals surface area contributed by atoms with Crippen LogP contribution in [0.5, 0.6) is 0 Å². The van der Waals surface area contributed by atoms with Gasteiger partial charge in [-0.05, 0) is 62.4 Å². The lowest BCUT2D eigenvalue weighted by molar-refractivity contribution is 0.249. The molecule has 1 fully saturated rings. The summed E-state index contributed by atoms with van der Waals surface area (Å²) in [7, 11) is 0. The van der Waals surface area contributed by atoms with Crippen LogP contribution in [0.3, 0.4) is 0 Å². The lowest BCUT2D eigenvalue weighted by Gasteiger charge is -2.30. The normalized spacial score (nSPS) is 15.4. The summed E-state index contributed by atoms with van der Waals surface area (Å²) in [5.74, 6) is -0.354. The number of hydrogen-bond acceptors (Lipinski definition) is 2. The molecule has 1 atom stereocenters. The van der Waals surface area contributed by atoms with E-state index < -0.39 is 0 Å². The van der Waals surface area contributed by atoms with Crippen molar-refractivity contribution in [1.82, 2.24) is 5.32 Å². The number of piperidine rings is 1. The van der Waals surface area contributed by atoms with Crippen molar-refractivity contribution in [3.63, 3.8) is 0 Å². The maximum absolute atomic E-state index is 13.8. The minimum absolute atomic E-state index is 0.136. The molecule has 3 rings (SSSR count). The van der Waals surface area contributed by atoms with Crippen molar-refractivity contribution >= 4 is 17.4 Å². The van der Waals surface area contributed by atoms with Crippen LogP contribution < -0.4 is 15.5 Å². The highest BCUT2D eigenvalue weighted by Crippen LogP contribution is 2.29. The smallest absolute Gasteiger partial charge is 0.319 e. The Bertz CT molecular complexity index is 772. The average molecular weight is 355 g/mol. The largest absolute Gasteiger partial charge is 0.370 e. The van der Waals surface area contributed by atoms with Crippen molar-refractivity contribution in [3.8, 4) is 0 Å². The fourth-order valence-electron chi connectivity index (χ4n) is 3.52. The summed E-state index contributed by atoms with van der Waals surface area (Å²) in [5.41, 5.74) is 3.59. The van der Waals surface area contributed by atoms with E-state index in [2.05, 4.69) is 15.5 Å². The third-order valence-electron chi connectivity index (χ3n) is 4.91. The van der Waals surface area contributed by atoms with Gasteiger partial charge in [0.15, 0.2) is 0 Å². The SMILES string of the molecule is Cc1ccccc1C(C)NC(=O)Nc1cc(F)ccc1N1CCCCC1. The van der Waals surface area contributed by atoms with E-state index in [1.807, 2.05) is 38.1 Å². The first-order valence-electron chi connectivity index (χ1n) is 9.22. The van der Waals surface area contributed by atoms with Gasteiger partial charge in [-0.15, -0.1) is 0 Å². The topological polar surface area (TPSA) is 44.4 Å². The summed E-state index contributed by atoms with van der Waals surface area (Å²) in [5, 5.41) is 5.78. The zero-order valence-corrected chi connectivity index (χ0v) is 15.4. The van der Waals surface area contributed by atoms with Crippen LogP contribution in [0.25, 0.3) is 0 Å². The highest BCUT2D eigenvalue weighted by molar-refractivity contribution is 5.93. The van der Waals surface area contributed by atoms with Crippen LogP contribution >= 0.6 is 0 Å². The molecule has 4 nitrogen and oxygen atoms in total. The molecule has 2 N–H and O–H groups in total.